The summed E-state index contributed by atoms with van der Waals surface area (Å²) in [6.45, 7) is 5.61. The lowest BCUT2D eigenvalue weighted by molar-refractivity contribution is 1.32. The van der Waals surface area contributed by atoms with Crippen LogP contribution in [0.15, 0.2) is 18.8 Å². The fourth-order valence-corrected chi connectivity index (χ4v) is 0.856. The van der Waals surface area contributed by atoms with Crippen molar-refractivity contribution in [1.29, 1.82) is 0 Å². The Morgan fingerprint density at radius 2 is 2.40 bits per heavy atom. The van der Waals surface area contributed by atoms with E-state index >= 15 is 0 Å². The predicted molar refractivity (Wildman–Crippen MR) is 44.5 cm³/mol. The van der Waals surface area contributed by atoms with Crippen molar-refractivity contribution in [1.82, 2.24) is 4.98 Å². The van der Waals surface area contributed by atoms with E-state index < -0.39 is 0 Å². The Morgan fingerprint density at radius 3 is 2.80 bits per heavy atom. The summed E-state index contributed by atoms with van der Waals surface area (Å²) in [4.78, 5) is 3.92. The largest absolute Gasteiger partial charge is 0.272 e. The van der Waals surface area contributed by atoms with E-state index in [0.29, 0.717) is 5.59 Å². The van der Waals surface area contributed by atoms with Gasteiger partial charge in [-0.1, -0.05) is 12.7 Å². The van der Waals surface area contributed by atoms with Crippen molar-refractivity contribution in [2.45, 2.75) is 6.92 Å². The molecule has 1 aromatic heterocycles. The molecule has 1 heterocycles. The lowest BCUT2D eigenvalue weighted by atomic mass is 9.94. The molecule has 1 aromatic rings. The van der Waals surface area contributed by atoms with E-state index in [2.05, 4.69) is 11.6 Å². The Bertz CT molecular complexity index is 235. The molecular weight excluding hydrogens is 121 g/mol. The van der Waals surface area contributed by atoms with Gasteiger partial charge in [-0.3, -0.25) is 4.98 Å². The summed E-state index contributed by atoms with van der Waals surface area (Å²) in [5.74, 6) is 0. The van der Waals surface area contributed by atoms with Crippen molar-refractivity contribution < 1.29 is 0 Å². The zero-order valence-corrected chi connectivity index (χ0v) is 5.96. The number of aryl methyl sites for hydroxylation is 1. The number of aromatic nitrogens is 1. The van der Waals surface area contributed by atoms with E-state index in [-0.39, 0.29) is 0 Å². The average molecular weight is 129 g/mol. The fourth-order valence-electron chi connectivity index (χ4n) is 0.856. The Labute approximate surface area is 62.2 Å². The maximum Gasteiger partial charge on any atom is 0.142 e. The minimum Gasteiger partial charge on any atom is -0.272 e. The Morgan fingerprint density at radius 1 is 1.70 bits per heavy atom. The summed E-state index contributed by atoms with van der Waals surface area (Å²) in [6.07, 6.45) is 3.41. The highest BCUT2D eigenvalue weighted by Gasteiger charge is 1.95. The third kappa shape index (κ3) is 1.10. The lowest BCUT2D eigenvalue weighted by Gasteiger charge is -2.01. The molecule has 0 bridgehead atoms. The van der Waals surface area contributed by atoms with Crippen molar-refractivity contribution >= 4 is 19.5 Å². The van der Waals surface area contributed by atoms with Crippen molar-refractivity contribution in [2.75, 3.05) is 0 Å². The molecule has 0 N–H and O–H groups in total. The molecule has 0 atom stereocenters. The van der Waals surface area contributed by atoms with Crippen LogP contribution in [0.5, 0.6) is 0 Å². The van der Waals surface area contributed by atoms with Crippen molar-refractivity contribution in [3.8, 4) is 0 Å². The van der Waals surface area contributed by atoms with Gasteiger partial charge in [0.15, 0.2) is 0 Å². The van der Waals surface area contributed by atoms with Crippen LogP contribution in [0.3, 0.4) is 0 Å². The molecule has 0 aliphatic heterocycles. The van der Waals surface area contributed by atoms with Gasteiger partial charge in [-0.2, -0.15) is 0 Å². The quantitative estimate of drug-likeness (QED) is 0.511. The zero-order valence-electron chi connectivity index (χ0n) is 5.96. The molecule has 0 aliphatic rings. The van der Waals surface area contributed by atoms with Gasteiger partial charge in [0.05, 0.1) is 0 Å². The lowest BCUT2D eigenvalue weighted by Crippen LogP contribution is -2.12. The van der Waals surface area contributed by atoms with Crippen LogP contribution in [-0.2, 0) is 0 Å². The Hall–Kier alpha value is -1.05. The minimum atomic E-state index is 0.551. The topological polar surface area (TPSA) is 12.9 Å². The SMILES string of the molecule is [B]c1nccc(C)c1C=C. The number of pyridine rings is 1. The first kappa shape index (κ1) is 7.07. The van der Waals surface area contributed by atoms with Crippen LogP contribution < -0.4 is 5.59 Å². The summed E-state index contributed by atoms with van der Waals surface area (Å²) < 4.78 is 0. The van der Waals surface area contributed by atoms with E-state index in [4.69, 9.17) is 7.85 Å². The van der Waals surface area contributed by atoms with Crippen LogP contribution in [0, 0.1) is 6.92 Å². The molecular formula is C8H8BN. The normalized spacial score (nSPS) is 9.30. The first-order chi connectivity index (χ1) is 4.75. The highest BCUT2D eigenvalue weighted by atomic mass is 14.6. The van der Waals surface area contributed by atoms with E-state index in [1.807, 2.05) is 13.0 Å². The van der Waals surface area contributed by atoms with Crippen molar-refractivity contribution in [3.63, 3.8) is 0 Å². The van der Waals surface area contributed by atoms with Gasteiger partial charge in [0.25, 0.3) is 0 Å². The maximum absolute atomic E-state index is 5.55. The van der Waals surface area contributed by atoms with E-state index in [9.17, 15) is 0 Å². The average Bonchev–Trinajstić information content (AvgIpc) is 1.88. The highest BCUT2D eigenvalue weighted by Crippen LogP contribution is 2.02. The fraction of sp³-hybridized carbons (Fsp3) is 0.125. The molecule has 2 heteroatoms. The van der Waals surface area contributed by atoms with Gasteiger partial charge >= 0.3 is 0 Å². The molecule has 0 aromatic carbocycles. The molecule has 0 saturated heterocycles. The molecule has 0 amide bonds. The maximum atomic E-state index is 5.55. The summed E-state index contributed by atoms with van der Waals surface area (Å²) in [6, 6.07) is 1.91. The van der Waals surface area contributed by atoms with Gasteiger partial charge < -0.3 is 0 Å². The predicted octanol–water partition coefficient (Wildman–Crippen LogP) is 0.827. The third-order valence-corrected chi connectivity index (χ3v) is 1.44. The standard InChI is InChI=1S/C8H8BN/c1-3-7-6(2)4-5-10-8(7)9/h3-5H,1H2,2H3. The summed E-state index contributed by atoms with van der Waals surface area (Å²) >= 11 is 0. The van der Waals surface area contributed by atoms with Gasteiger partial charge in [0.2, 0.25) is 0 Å². The van der Waals surface area contributed by atoms with Gasteiger partial charge in [0, 0.05) is 6.20 Å². The van der Waals surface area contributed by atoms with Gasteiger partial charge in [-0.15, -0.1) is 0 Å². The highest BCUT2D eigenvalue weighted by molar-refractivity contribution is 6.32. The van der Waals surface area contributed by atoms with E-state index in [0.717, 1.165) is 11.1 Å². The molecule has 48 valence electrons. The molecule has 2 radical (unpaired) electrons. The summed E-state index contributed by atoms with van der Waals surface area (Å²) in [7, 11) is 5.55. The first-order valence-corrected chi connectivity index (χ1v) is 3.09. The van der Waals surface area contributed by atoms with E-state index in [1.54, 1.807) is 12.3 Å². The number of nitrogens with zero attached hydrogens (tertiary/aromatic N) is 1. The van der Waals surface area contributed by atoms with Crippen molar-refractivity contribution in [2.24, 2.45) is 0 Å². The Balaban J connectivity index is 3.30. The second-order valence-electron chi connectivity index (χ2n) is 2.13. The first-order valence-electron chi connectivity index (χ1n) is 3.09. The molecule has 0 fully saturated rings. The van der Waals surface area contributed by atoms with Crippen LogP contribution in [0.2, 0.25) is 0 Å². The second-order valence-corrected chi connectivity index (χ2v) is 2.13. The number of rotatable bonds is 1. The molecule has 0 aliphatic carbocycles. The molecule has 0 unspecified atom stereocenters. The van der Waals surface area contributed by atoms with Crippen LogP contribution in [0.4, 0.5) is 0 Å². The molecule has 10 heavy (non-hydrogen) atoms. The van der Waals surface area contributed by atoms with Crippen LogP contribution in [-0.4, -0.2) is 12.8 Å². The number of hydrogen-bond donors (Lipinski definition) is 0. The summed E-state index contributed by atoms with van der Waals surface area (Å²) in [5.41, 5.74) is 2.60. The molecule has 0 spiro atoms. The van der Waals surface area contributed by atoms with E-state index in [1.165, 1.54) is 0 Å². The second kappa shape index (κ2) is 2.69. The van der Waals surface area contributed by atoms with Gasteiger partial charge in [0.1, 0.15) is 7.85 Å². The van der Waals surface area contributed by atoms with Gasteiger partial charge in [-0.05, 0) is 29.7 Å². The number of hydrogen-bond acceptors (Lipinski definition) is 1. The van der Waals surface area contributed by atoms with Crippen LogP contribution in [0.25, 0.3) is 6.08 Å². The molecule has 0 saturated carbocycles. The zero-order chi connectivity index (χ0) is 7.56. The monoisotopic (exact) mass is 129 g/mol. The Kier molecular flexibility index (Phi) is 1.90. The molecule has 1 nitrogen and oxygen atoms in total. The van der Waals surface area contributed by atoms with Gasteiger partial charge in [-0.25, -0.2) is 0 Å². The van der Waals surface area contributed by atoms with Crippen LogP contribution >= 0.6 is 0 Å². The minimum absolute atomic E-state index is 0.551. The smallest absolute Gasteiger partial charge is 0.142 e. The summed E-state index contributed by atoms with van der Waals surface area (Å²) in [5, 5.41) is 0. The molecule has 1 rings (SSSR count). The van der Waals surface area contributed by atoms with Crippen molar-refractivity contribution in [3.05, 3.63) is 30.0 Å². The third-order valence-electron chi connectivity index (χ3n) is 1.44. The van der Waals surface area contributed by atoms with Crippen LogP contribution in [0.1, 0.15) is 11.1 Å².